The van der Waals surface area contributed by atoms with Crippen LogP contribution in [-0.4, -0.2) is 54.8 Å². The standard InChI is InChI=1S/C21H26FN3O2/c1-17-15-24(16-18-6-3-2-4-7-18)11-12-25(17)21(26)23-19-8-5-9-20(14-19)27-13-10-22/h2-9,14,17H,10-13,15-16H2,1H3,(H,23,26). The summed E-state index contributed by atoms with van der Waals surface area (Å²) in [5.74, 6) is 0.547. The van der Waals surface area contributed by atoms with E-state index in [0.717, 1.165) is 19.6 Å². The van der Waals surface area contributed by atoms with Crippen molar-refractivity contribution >= 4 is 11.7 Å². The number of alkyl halides is 1. The lowest BCUT2D eigenvalue weighted by molar-refractivity contribution is 0.104. The van der Waals surface area contributed by atoms with Crippen LogP contribution in [0.5, 0.6) is 5.75 Å². The highest BCUT2D eigenvalue weighted by atomic mass is 19.1. The summed E-state index contributed by atoms with van der Waals surface area (Å²) in [5, 5.41) is 2.92. The molecule has 1 N–H and O–H groups in total. The van der Waals surface area contributed by atoms with E-state index in [1.165, 1.54) is 5.56 Å². The number of nitrogens with zero attached hydrogens (tertiary/aromatic N) is 2. The molecule has 2 aromatic rings. The fraction of sp³-hybridized carbons (Fsp3) is 0.381. The van der Waals surface area contributed by atoms with Crippen LogP contribution in [-0.2, 0) is 6.54 Å². The molecule has 2 amide bonds. The maximum atomic E-state index is 12.7. The Morgan fingerprint density at radius 2 is 2.00 bits per heavy atom. The van der Waals surface area contributed by atoms with E-state index in [9.17, 15) is 9.18 Å². The molecule has 1 aliphatic rings. The Bertz CT molecular complexity index is 741. The number of halogens is 1. The molecule has 27 heavy (non-hydrogen) atoms. The summed E-state index contributed by atoms with van der Waals surface area (Å²) in [7, 11) is 0. The second-order valence-corrected chi connectivity index (χ2v) is 6.76. The monoisotopic (exact) mass is 371 g/mol. The highest BCUT2D eigenvalue weighted by Crippen LogP contribution is 2.19. The summed E-state index contributed by atoms with van der Waals surface area (Å²) < 4.78 is 17.5. The summed E-state index contributed by atoms with van der Waals surface area (Å²) >= 11 is 0. The van der Waals surface area contributed by atoms with Crippen molar-refractivity contribution in [1.82, 2.24) is 9.80 Å². The molecule has 0 radical (unpaired) electrons. The van der Waals surface area contributed by atoms with Gasteiger partial charge in [-0.1, -0.05) is 36.4 Å². The summed E-state index contributed by atoms with van der Waals surface area (Å²) in [6.07, 6.45) is 0. The first-order chi connectivity index (χ1) is 13.2. The van der Waals surface area contributed by atoms with E-state index >= 15 is 0 Å². The van der Waals surface area contributed by atoms with Crippen LogP contribution in [0, 0.1) is 0 Å². The first-order valence-corrected chi connectivity index (χ1v) is 9.28. The molecule has 6 heteroatoms. The molecule has 1 saturated heterocycles. The van der Waals surface area contributed by atoms with E-state index in [0.29, 0.717) is 18.0 Å². The second kappa shape index (κ2) is 9.37. The zero-order valence-electron chi connectivity index (χ0n) is 15.6. The van der Waals surface area contributed by atoms with E-state index in [4.69, 9.17) is 4.74 Å². The Morgan fingerprint density at radius 1 is 1.19 bits per heavy atom. The van der Waals surface area contributed by atoms with Crippen molar-refractivity contribution in [3.63, 3.8) is 0 Å². The molecule has 1 fully saturated rings. The van der Waals surface area contributed by atoms with Crippen LogP contribution in [0.1, 0.15) is 12.5 Å². The number of ether oxygens (including phenoxy) is 1. The lowest BCUT2D eigenvalue weighted by Crippen LogP contribution is -2.54. The smallest absolute Gasteiger partial charge is 0.322 e. The largest absolute Gasteiger partial charge is 0.491 e. The number of hydrogen-bond donors (Lipinski definition) is 1. The number of hydrogen-bond acceptors (Lipinski definition) is 3. The highest BCUT2D eigenvalue weighted by Gasteiger charge is 2.27. The first-order valence-electron chi connectivity index (χ1n) is 9.28. The molecule has 1 heterocycles. The van der Waals surface area contributed by atoms with E-state index < -0.39 is 6.67 Å². The number of benzene rings is 2. The van der Waals surface area contributed by atoms with Gasteiger partial charge in [0.2, 0.25) is 0 Å². The van der Waals surface area contributed by atoms with Crippen LogP contribution >= 0.6 is 0 Å². The number of carbonyl (C=O) groups is 1. The van der Waals surface area contributed by atoms with Gasteiger partial charge in [-0.05, 0) is 24.6 Å². The average molecular weight is 371 g/mol. The lowest BCUT2D eigenvalue weighted by Gasteiger charge is -2.39. The number of urea groups is 1. The van der Waals surface area contributed by atoms with Crippen molar-refractivity contribution in [1.29, 1.82) is 0 Å². The number of anilines is 1. The Kier molecular flexibility index (Phi) is 6.65. The molecule has 0 saturated carbocycles. The van der Waals surface area contributed by atoms with Gasteiger partial charge in [0.05, 0.1) is 0 Å². The van der Waals surface area contributed by atoms with Gasteiger partial charge in [-0.3, -0.25) is 4.90 Å². The van der Waals surface area contributed by atoms with E-state index in [2.05, 4.69) is 29.3 Å². The summed E-state index contributed by atoms with van der Waals surface area (Å²) in [6, 6.07) is 17.4. The molecule has 0 spiro atoms. The Balaban J connectivity index is 1.54. The zero-order chi connectivity index (χ0) is 19.1. The molecule has 0 aliphatic carbocycles. The molecule has 1 unspecified atom stereocenters. The average Bonchev–Trinajstić information content (AvgIpc) is 2.67. The Labute approximate surface area is 159 Å². The van der Waals surface area contributed by atoms with Crippen LogP contribution in [0.25, 0.3) is 0 Å². The molecule has 0 aromatic heterocycles. The molecule has 1 atom stereocenters. The van der Waals surface area contributed by atoms with Gasteiger partial charge in [-0.15, -0.1) is 0 Å². The van der Waals surface area contributed by atoms with Gasteiger partial charge in [-0.2, -0.15) is 0 Å². The zero-order valence-corrected chi connectivity index (χ0v) is 15.6. The first kappa shape index (κ1) is 19.2. The minimum absolute atomic E-state index is 0.0117. The van der Waals surface area contributed by atoms with Gasteiger partial charge in [0.15, 0.2) is 0 Å². The number of nitrogens with one attached hydrogen (secondary N) is 1. The van der Waals surface area contributed by atoms with Gasteiger partial charge in [-0.25, -0.2) is 9.18 Å². The van der Waals surface area contributed by atoms with Gasteiger partial charge in [0, 0.05) is 44.0 Å². The van der Waals surface area contributed by atoms with Crippen molar-refractivity contribution in [3.05, 3.63) is 60.2 Å². The lowest BCUT2D eigenvalue weighted by atomic mass is 10.1. The third-order valence-corrected chi connectivity index (χ3v) is 4.65. The van der Waals surface area contributed by atoms with E-state index in [1.54, 1.807) is 24.3 Å². The topological polar surface area (TPSA) is 44.8 Å². The third kappa shape index (κ3) is 5.44. The van der Waals surface area contributed by atoms with Crippen molar-refractivity contribution in [2.24, 2.45) is 0 Å². The SMILES string of the molecule is CC1CN(Cc2ccccc2)CCN1C(=O)Nc1cccc(OCCF)c1. The van der Waals surface area contributed by atoms with Crippen LogP contribution in [0.15, 0.2) is 54.6 Å². The van der Waals surface area contributed by atoms with Crippen molar-refractivity contribution in [2.75, 3.05) is 38.2 Å². The molecule has 0 bridgehead atoms. The maximum Gasteiger partial charge on any atom is 0.322 e. The summed E-state index contributed by atoms with van der Waals surface area (Å²) in [5.41, 5.74) is 1.93. The van der Waals surface area contributed by atoms with Crippen LogP contribution in [0.4, 0.5) is 14.9 Å². The Hall–Kier alpha value is -2.60. The Morgan fingerprint density at radius 3 is 2.74 bits per heavy atom. The molecule has 3 rings (SSSR count). The van der Waals surface area contributed by atoms with Gasteiger partial charge >= 0.3 is 6.03 Å². The van der Waals surface area contributed by atoms with Crippen LogP contribution in [0.3, 0.4) is 0 Å². The molecule has 1 aliphatic heterocycles. The second-order valence-electron chi connectivity index (χ2n) is 6.76. The van der Waals surface area contributed by atoms with Crippen LogP contribution < -0.4 is 10.1 Å². The number of piperazine rings is 1. The van der Waals surface area contributed by atoms with Gasteiger partial charge < -0.3 is 15.0 Å². The van der Waals surface area contributed by atoms with Crippen molar-refractivity contribution in [3.8, 4) is 5.75 Å². The molecule has 144 valence electrons. The molecule has 2 aromatic carbocycles. The van der Waals surface area contributed by atoms with Gasteiger partial charge in [0.25, 0.3) is 0 Å². The number of amides is 2. The fourth-order valence-corrected chi connectivity index (χ4v) is 3.34. The van der Waals surface area contributed by atoms with E-state index in [1.807, 2.05) is 23.1 Å². The minimum Gasteiger partial charge on any atom is -0.491 e. The predicted molar refractivity (Wildman–Crippen MR) is 105 cm³/mol. The predicted octanol–water partition coefficient (Wildman–Crippen LogP) is 3.77. The maximum absolute atomic E-state index is 12.7. The molecular formula is C21H26FN3O2. The molecule has 5 nitrogen and oxygen atoms in total. The quantitative estimate of drug-likeness (QED) is 0.841. The normalized spacial score (nSPS) is 17.6. The summed E-state index contributed by atoms with van der Waals surface area (Å²) in [6.45, 7) is 4.79. The third-order valence-electron chi connectivity index (χ3n) is 4.65. The molecular weight excluding hydrogens is 345 g/mol. The number of carbonyl (C=O) groups excluding carboxylic acids is 1. The summed E-state index contributed by atoms with van der Waals surface area (Å²) in [4.78, 5) is 16.9. The van der Waals surface area contributed by atoms with Crippen molar-refractivity contribution in [2.45, 2.75) is 19.5 Å². The van der Waals surface area contributed by atoms with E-state index in [-0.39, 0.29) is 18.7 Å². The highest BCUT2D eigenvalue weighted by molar-refractivity contribution is 5.89. The fourth-order valence-electron chi connectivity index (χ4n) is 3.34. The van der Waals surface area contributed by atoms with Crippen molar-refractivity contribution < 1.29 is 13.9 Å². The van der Waals surface area contributed by atoms with Gasteiger partial charge in [0.1, 0.15) is 19.0 Å². The number of rotatable bonds is 6. The van der Waals surface area contributed by atoms with Crippen LogP contribution in [0.2, 0.25) is 0 Å². The minimum atomic E-state index is -0.540.